The molecule has 0 aliphatic carbocycles. The number of halogens is 1. The summed E-state index contributed by atoms with van der Waals surface area (Å²) in [5.41, 5.74) is 1.56. The second kappa shape index (κ2) is 6.33. The van der Waals surface area contributed by atoms with Gasteiger partial charge in [-0.3, -0.25) is 0 Å². The fraction of sp³-hybridized carbons (Fsp3) is 0.214. The standard InChI is InChI=1S/C14H14ClN5OS/c1-9-19-20-8-12(18-14(20)22-9)5-6-16-13(21)17-11-4-2-3-10(15)7-11/h2-4,7-8H,5-6H2,1H3,(H2,16,17,21). The van der Waals surface area contributed by atoms with Crippen molar-refractivity contribution < 1.29 is 4.79 Å². The summed E-state index contributed by atoms with van der Waals surface area (Å²) in [4.78, 5) is 17.1. The summed E-state index contributed by atoms with van der Waals surface area (Å²) >= 11 is 7.41. The van der Waals surface area contributed by atoms with Gasteiger partial charge in [0.25, 0.3) is 0 Å². The molecule has 0 bridgehead atoms. The summed E-state index contributed by atoms with van der Waals surface area (Å²) in [5, 5.41) is 11.4. The van der Waals surface area contributed by atoms with Crippen LogP contribution in [0.5, 0.6) is 0 Å². The number of urea groups is 1. The van der Waals surface area contributed by atoms with E-state index >= 15 is 0 Å². The molecule has 3 aromatic rings. The molecule has 1 aromatic carbocycles. The number of fused-ring (bicyclic) bond motifs is 1. The molecule has 0 unspecified atom stereocenters. The van der Waals surface area contributed by atoms with Crippen LogP contribution >= 0.6 is 22.9 Å². The van der Waals surface area contributed by atoms with Gasteiger partial charge in [0.05, 0.1) is 11.9 Å². The average Bonchev–Trinajstić information content (AvgIpc) is 2.95. The Hall–Kier alpha value is -2.12. The molecular weight excluding hydrogens is 322 g/mol. The predicted octanol–water partition coefficient (Wildman–Crippen LogP) is 3.12. The van der Waals surface area contributed by atoms with Crippen LogP contribution in [0.3, 0.4) is 0 Å². The third-order valence-electron chi connectivity index (χ3n) is 2.94. The molecule has 114 valence electrons. The maximum Gasteiger partial charge on any atom is 0.319 e. The van der Waals surface area contributed by atoms with E-state index in [9.17, 15) is 4.79 Å². The normalized spacial score (nSPS) is 10.8. The molecule has 2 heterocycles. The highest BCUT2D eigenvalue weighted by molar-refractivity contribution is 7.16. The number of aryl methyl sites for hydroxylation is 1. The SMILES string of the molecule is Cc1nn2cc(CCNC(=O)Nc3cccc(Cl)c3)nc2s1. The van der Waals surface area contributed by atoms with E-state index in [0.717, 1.165) is 15.7 Å². The molecule has 3 rings (SSSR count). The number of aromatic nitrogens is 3. The van der Waals surface area contributed by atoms with Crippen molar-refractivity contribution in [3.05, 3.63) is 46.2 Å². The van der Waals surface area contributed by atoms with Crippen LogP contribution < -0.4 is 10.6 Å². The lowest BCUT2D eigenvalue weighted by molar-refractivity contribution is 0.252. The van der Waals surface area contributed by atoms with E-state index in [0.29, 0.717) is 23.7 Å². The van der Waals surface area contributed by atoms with Gasteiger partial charge in [0.2, 0.25) is 4.96 Å². The lowest BCUT2D eigenvalue weighted by atomic mass is 10.3. The minimum atomic E-state index is -0.266. The van der Waals surface area contributed by atoms with Crippen LogP contribution in [0.1, 0.15) is 10.7 Å². The first kappa shape index (κ1) is 14.8. The lowest BCUT2D eigenvalue weighted by Crippen LogP contribution is -2.30. The second-order valence-corrected chi connectivity index (χ2v) is 6.32. The van der Waals surface area contributed by atoms with Gasteiger partial charge in [-0.2, -0.15) is 5.10 Å². The molecule has 0 spiro atoms. The van der Waals surface area contributed by atoms with Crippen molar-refractivity contribution in [1.29, 1.82) is 0 Å². The number of nitrogens with zero attached hydrogens (tertiary/aromatic N) is 3. The topological polar surface area (TPSA) is 71.3 Å². The molecule has 0 radical (unpaired) electrons. The Balaban J connectivity index is 1.49. The van der Waals surface area contributed by atoms with Gasteiger partial charge in [0.15, 0.2) is 0 Å². The number of imidazole rings is 1. The Kier molecular flexibility index (Phi) is 4.26. The number of amides is 2. The van der Waals surface area contributed by atoms with Crippen molar-refractivity contribution in [2.45, 2.75) is 13.3 Å². The monoisotopic (exact) mass is 335 g/mol. The summed E-state index contributed by atoms with van der Waals surface area (Å²) in [7, 11) is 0. The average molecular weight is 336 g/mol. The summed E-state index contributed by atoms with van der Waals surface area (Å²) < 4.78 is 1.77. The Labute approximate surface area is 136 Å². The van der Waals surface area contributed by atoms with E-state index in [1.807, 2.05) is 13.1 Å². The van der Waals surface area contributed by atoms with Crippen LogP contribution in [0, 0.1) is 6.92 Å². The van der Waals surface area contributed by atoms with Gasteiger partial charge < -0.3 is 10.6 Å². The van der Waals surface area contributed by atoms with E-state index in [1.165, 1.54) is 0 Å². The lowest BCUT2D eigenvalue weighted by Gasteiger charge is -2.07. The van der Waals surface area contributed by atoms with Crippen LogP contribution in [0.2, 0.25) is 5.02 Å². The third kappa shape index (κ3) is 3.55. The zero-order valence-corrected chi connectivity index (χ0v) is 13.4. The van der Waals surface area contributed by atoms with E-state index in [-0.39, 0.29) is 6.03 Å². The Morgan fingerprint density at radius 3 is 3.09 bits per heavy atom. The molecule has 2 aromatic heterocycles. The summed E-state index contributed by atoms with van der Waals surface area (Å²) in [6.07, 6.45) is 2.54. The molecule has 22 heavy (non-hydrogen) atoms. The molecule has 2 amide bonds. The second-order valence-electron chi connectivity index (χ2n) is 4.72. The summed E-state index contributed by atoms with van der Waals surface area (Å²) in [6, 6.07) is 6.74. The molecule has 0 atom stereocenters. The first-order chi connectivity index (χ1) is 10.6. The predicted molar refractivity (Wildman–Crippen MR) is 87.8 cm³/mol. The van der Waals surface area contributed by atoms with Crippen LogP contribution in [0.15, 0.2) is 30.5 Å². The zero-order chi connectivity index (χ0) is 15.5. The summed E-state index contributed by atoms with van der Waals surface area (Å²) in [6.45, 7) is 2.44. The quantitative estimate of drug-likeness (QED) is 0.769. The number of carbonyl (C=O) groups is 1. The molecule has 0 fully saturated rings. The highest BCUT2D eigenvalue weighted by Crippen LogP contribution is 2.15. The highest BCUT2D eigenvalue weighted by atomic mass is 35.5. The fourth-order valence-electron chi connectivity index (χ4n) is 2.01. The molecule has 6 nitrogen and oxygen atoms in total. The zero-order valence-electron chi connectivity index (χ0n) is 11.8. The van der Waals surface area contributed by atoms with Crippen molar-refractivity contribution in [3.8, 4) is 0 Å². The van der Waals surface area contributed by atoms with Crippen LogP contribution in [-0.4, -0.2) is 27.2 Å². The van der Waals surface area contributed by atoms with Gasteiger partial charge in [-0.1, -0.05) is 29.0 Å². The van der Waals surface area contributed by atoms with E-state index < -0.39 is 0 Å². The molecule has 2 N–H and O–H groups in total. The van der Waals surface area contributed by atoms with Crippen LogP contribution in [0.25, 0.3) is 4.96 Å². The Morgan fingerprint density at radius 2 is 2.32 bits per heavy atom. The van der Waals surface area contributed by atoms with Gasteiger partial charge >= 0.3 is 6.03 Å². The fourth-order valence-corrected chi connectivity index (χ4v) is 2.94. The van der Waals surface area contributed by atoms with E-state index in [1.54, 1.807) is 40.1 Å². The molecular formula is C14H14ClN5OS. The molecule has 0 aliphatic heterocycles. The molecule has 0 saturated carbocycles. The van der Waals surface area contributed by atoms with Gasteiger partial charge in [-0.15, -0.1) is 0 Å². The van der Waals surface area contributed by atoms with Crippen molar-refractivity contribution >= 4 is 39.6 Å². The number of carbonyl (C=O) groups excluding carboxylic acids is 1. The maximum atomic E-state index is 11.8. The van der Waals surface area contributed by atoms with Crippen molar-refractivity contribution in [2.75, 3.05) is 11.9 Å². The summed E-state index contributed by atoms with van der Waals surface area (Å²) in [5.74, 6) is 0. The number of nitrogens with one attached hydrogen (secondary N) is 2. The number of rotatable bonds is 4. The molecule has 0 aliphatic rings. The largest absolute Gasteiger partial charge is 0.337 e. The van der Waals surface area contributed by atoms with Crippen molar-refractivity contribution in [2.24, 2.45) is 0 Å². The van der Waals surface area contributed by atoms with Gasteiger partial charge in [0, 0.05) is 23.7 Å². The van der Waals surface area contributed by atoms with E-state index in [2.05, 4.69) is 20.7 Å². The van der Waals surface area contributed by atoms with Gasteiger partial charge in [-0.25, -0.2) is 14.3 Å². The first-order valence-corrected chi connectivity index (χ1v) is 7.92. The number of benzene rings is 1. The van der Waals surface area contributed by atoms with Gasteiger partial charge in [-0.05, 0) is 25.1 Å². The number of anilines is 1. The maximum absolute atomic E-state index is 11.8. The Morgan fingerprint density at radius 1 is 1.45 bits per heavy atom. The Bertz CT molecular complexity index is 781. The minimum Gasteiger partial charge on any atom is -0.337 e. The molecule has 8 heteroatoms. The van der Waals surface area contributed by atoms with Crippen LogP contribution in [0.4, 0.5) is 10.5 Å². The smallest absolute Gasteiger partial charge is 0.319 e. The third-order valence-corrected chi connectivity index (χ3v) is 4.02. The van der Waals surface area contributed by atoms with Crippen LogP contribution in [-0.2, 0) is 6.42 Å². The van der Waals surface area contributed by atoms with E-state index in [4.69, 9.17) is 11.6 Å². The van der Waals surface area contributed by atoms with Crippen molar-refractivity contribution in [1.82, 2.24) is 19.9 Å². The number of hydrogen-bond acceptors (Lipinski definition) is 4. The highest BCUT2D eigenvalue weighted by Gasteiger charge is 2.07. The minimum absolute atomic E-state index is 0.266. The molecule has 0 saturated heterocycles. The van der Waals surface area contributed by atoms with Crippen molar-refractivity contribution in [3.63, 3.8) is 0 Å². The van der Waals surface area contributed by atoms with Gasteiger partial charge in [0.1, 0.15) is 5.01 Å². The first-order valence-electron chi connectivity index (χ1n) is 6.72. The number of hydrogen-bond donors (Lipinski definition) is 2.